The largest absolute Gasteiger partial charge is 0.425 e. The van der Waals surface area contributed by atoms with Crippen molar-refractivity contribution < 1.29 is 22.7 Å². The predicted molar refractivity (Wildman–Crippen MR) is 140 cm³/mol. The third-order valence-corrected chi connectivity index (χ3v) is 6.26. The molecule has 0 aliphatic rings. The minimum Gasteiger partial charge on any atom is -0.378 e. The van der Waals surface area contributed by atoms with Gasteiger partial charge in [-0.25, -0.2) is 4.39 Å². The second-order valence-corrected chi connectivity index (χ2v) is 8.87. The summed E-state index contributed by atoms with van der Waals surface area (Å²) >= 11 is 0. The number of anilines is 3. The van der Waals surface area contributed by atoms with Crippen molar-refractivity contribution in [3.63, 3.8) is 0 Å². The Morgan fingerprint density at radius 3 is 2.35 bits per heavy atom. The van der Waals surface area contributed by atoms with Gasteiger partial charge >= 0.3 is 6.18 Å². The molecule has 0 radical (unpaired) electrons. The van der Waals surface area contributed by atoms with Gasteiger partial charge in [-0.1, -0.05) is 18.2 Å². The number of aromatic nitrogens is 1. The summed E-state index contributed by atoms with van der Waals surface area (Å²) in [7, 11) is 3.66. The first-order chi connectivity index (χ1) is 17.5. The van der Waals surface area contributed by atoms with Crippen LogP contribution in [-0.4, -0.2) is 36.2 Å². The maximum atomic E-state index is 14.7. The molecule has 4 rings (SSSR count). The van der Waals surface area contributed by atoms with E-state index in [9.17, 15) is 22.7 Å². The van der Waals surface area contributed by atoms with Crippen molar-refractivity contribution in [2.45, 2.75) is 18.3 Å². The summed E-state index contributed by atoms with van der Waals surface area (Å²) in [5.41, 5.74) is -1.86. The summed E-state index contributed by atoms with van der Waals surface area (Å²) in [6.07, 6.45) is -1.31. The van der Waals surface area contributed by atoms with Gasteiger partial charge in [-0.2, -0.15) is 13.2 Å². The third kappa shape index (κ3) is 4.70. The molecule has 0 aliphatic heterocycles. The summed E-state index contributed by atoms with van der Waals surface area (Å²) in [5.74, 6) is -0.434. The van der Waals surface area contributed by atoms with Crippen LogP contribution < -0.4 is 10.2 Å². The van der Waals surface area contributed by atoms with Crippen LogP contribution in [-0.2, 0) is 12.1 Å². The zero-order valence-corrected chi connectivity index (χ0v) is 20.3. The van der Waals surface area contributed by atoms with Crippen molar-refractivity contribution in [2.75, 3.05) is 24.3 Å². The highest BCUT2D eigenvalue weighted by atomic mass is 19.4. The van der Waals surface area contributed by atoms with Gasteiger partial charge in [0.25, 0.3) is 0 Å². The molecule has 5 nitrogen and oxygen atoms in total. The molecule has 0 spiro atoms. The lowest BCUT2D eigenvalue weighted by molar-refractivity contribution is -0.247. The lowest BCUT2D eigenvalue weighted by atomic mass is 9.84. The fourth-order valence-corrected chi connectivity index (χ4v) is 4.32. The molecule has 9 heteroatoms. The highest BCUT2D eigenvalue weighted by Gasteiger charge is 2.57. The number of alkyl halides is 3. The number of benzene rings is 3. The van der Waals surface area contributed by atoms with Crippen LogP contribution >= 0.6 is 0 Å². The Morgan fingerprint density at radius 2 is 1.76 bits per heavy atom. The van der Waals surface area contributed by atoms with Gasteiger partial charge in [0.2, 0.25) is 5.60 Å². The number of allylic oxidation sites excluding steroid dienone is 1. The van der Waals surface area contributed by atoms with Gasteiger partial charge < -0.3 is 25.3 Å². The van der Waals surface area contributed by atoms with Crippen LogP contribution in [0, 0.1) is 11.2 Å². The van der Waals surface area contributed by atoms with E-state index in [1.807, 2.05) is 19.0 Å². The zero-order valence-electron chi connectivity index (χ0n) is 20.3. The summed E-state index contributed by atoms with van der Waals surface area (Å²) in [6, 6.07) is 14.1. The summed E-state index contributed by atoms with van der Waals surface area (Å²) in [6.45, 7) is 3.95. The topological polar surface area (TPSA) is 64.3 Å². The highest BCUT2D eigenvalue weighted by Crippen LogP contribution is 2.48. The minimum absolute atomic E-state index is 0.120. The zero-order chi connectivity index (χ0) is 27.0. The van der Waals surface area contributed by atoms with E-state index in [0.717, 1.165) is 18.0 Å². The van der Waals surface area contributed by atoms with Gasteiger partial charge in [0.15, 0.2) is 0 Å². The van der Waals surface area contributed by atoms with Crippen molar-refractivity contribution in [1.82, 2.24) is 4.57 Å². The number of halogens is 4. The number of hydrogen-bond acceptors (Lipinski definition) is 4. The number of nitrogens with one attached hydrogen (secondary N) is 2. The van der Waals surface area contributed by atoms with Crippen LogP contribution in [0.25, 0.3) is 10.9 Å². The summed E-state index contributed by atoms with van der Waals surface area (Å²) in [4.78, 5) is 1.84. The molecule has 4 aromatic rings. The molecule has 37 heavy (non-hydrogen) atoms. The van der Waals surface area contributed by atoms with Crippen LogP contribution in [0.4, 0.5) is 34.6 Å². The number of nitrogens with zero attached hydrogens (tertiary/aromatic N) is 2. The Balaban J connectivity index is 1.89. The number of rotatable bonds is 8. The van der Waals surface area contributed by atoms with Gasteiger partial charge in [-0.3, -0.25) is 0 Å². The SMILES string of the molecule is C=CCn1cc(C(O)(c2ccc(Nc3ccc(F)cc3)c(C=N)c2)C(F)(F)F)c2ccc(N(C)C)cc21. The van der Waals surface area contributed by atoms with E-state index in [-0.39, 0.29) is 23.1 Å². The van der Waals surface area contributed by atoms with Crippen LogP contribution in [0.5, 0.6) is 0 Å². The van der Waals surface area contributed by atoms with Crippen LogP contribution in [0.2, 0.25) is 0 Å². The number of fused-ring (bicyclic) bond motifs is 1. The Bertz CT molecular complexity index is 1460. The molecule has 1 heterocycles. The molecule has 1 aromatic heterocycles. The average Bonchev–Trinajstić information content (AvgIpc) is 3.22. The van der Waals surface area contributed by atoms with Crippen molar-refractivity contribution in [3.05, 3.63) is 102 Å². The molecular weight excluding hydrogens is 484 g/mol. The van der Waals surface area contributed by atoms with E-state index < -0.39 is 23.2 Å². The van der Waals surface area contributed by atoms with E-state index >= 15 is 0 Å². The second kappa shape index (κ2) is 9.74. The van der Waals surface area contributed by atoms with E-state index in [2.05, 4.69) is 11.9 Å². The van der Waals surface area contributed by atoms with Crippen molar-refractivity contribution in [3.8, 4) is 0 Å². The Labute approximate surface area is 211 Å². The monoisotopic (exact) mass is 510 g/mol. The van der Waals surface area contributed by atoms with Crippen LogP contribution in [0.15, 0.2) is 79.5 Å². The Morgan fingerprint density at radius 1 is 1.05 bits per heavy atom. The molecule has 0 fully saturated rings. The summed E-state index contributed by atoms with van der Waals surface area (Å²) in [5, 5.41) is 22.5. The maximum Gasteiger partial charge on any atom is 0.425 e. The molecular formula is C28H26F4N4O. The first kappa shape index (κ1) is 26.0. The van der Waals surface area contributed by atoms with E-state index in [0.29, 0.717) is 16.9 Å². The smallest absolute Gasteiger partial charge is 0.378 e. The van der Waals surface area contributed by atoms with Gasteiger partial charge in [-0.05, 0) is 54.1 Å². The average molecular weight is 511 g/mol. The van der Waals surface area contributed by atoms with Crippen LogP contribution in [0.3, 0.4) is 0 Å². The normalized spacial score (nSPS) is 13.3. The van der Waals surface area contributed by atoms with E-state index in [1.54, 1.807) is 28.8 Å². The molecule has 0 amide bonds. The maximum absolute atomic E-state index is 14.7. The number of aliphatic hydroxyl groups is 1. The highest BCUT2D eigenvalue weighted by molar-refractivity contribution is 5.90. The Hall–Kier alpha value is -4.11. The fourth-order valence-electron chi connectivity index (χ4n) is 4.32. The molecule has 192 valence electrons. The Kier molecular flexibility index (Phi) is 6.84. The van der Waals surface area contributed by atoms with Gasteiger partial charge in [0.05, 0.1) is 5.52 Å². The minimum atomic E-state index is -5.08. The third-order valence-electron chi connectivity index (χ3n) is 6.26. The molecule has 1 atom stereocenters. The second-order valence-electron chi connectivity index (χ2n) is 8.87. The molecule has 0 bridgehead atoms. The lowest BCUT2D eigenvalue weighted by Gasteiger charge is -2.31. The molecule has 0 aliphatic carbocycles. The summed E-state index contributed by atoms with van der Waals surface area (Å²) < 4.78 is 59.1. The standard InChI is InChI=1S/C28H26F4N4O/c1-4-13-36-17-24(23-11-10-22(35(2)3)15-26(23)36)27(37,28(30,31)32)19-5-12-25(18(14-19)16-33)34-21-8-6-20(29)7-9-21/h4-12,14-17,33-34,37H,1,13H2,2-3H3. The fraction of sp³-hybridized carbons (Fsp3) is 0.179. The van der Waals surface area contributed by atoms with Gasteiger partial charge in [0, 0.05) is 66.6 Å². The molecule has 0 saturated heterocycles. The first-order valence-electron chi connectivity index (χ1n) is 11.4. The van der Waals surface area contributed by atoms with E-state index in [1.165, 1.54) is 42.6 Å². The van der Waals surface area contributed by atoms with Crippen molar-refractivity contribution in [1.29, 1.82) is 5.41 Å². The molecule has 3 aromatic carbocycles. The van der Waals surface area contributed by atoms with E-state index in [4.69, 9.17) is 5.41 Å². The quantitative estimate of drug-likeness (QED) is 0.143. The van der Waals surface area contributed by atoms with Crippen molar-refractivity contribution >= 4 is 34.2 Å². The predicted octanol–water partition coefficient (Wildman–Crippen LogP) is 6.57. The lowest BCUT2D eigenvalue weighted by Crippen LogP contribution is -2.43. The van der Waals surface area contributed by atoms with Crippen molar-refractivity contribution in [2.24, 2.45) is 0 Å². The van der Waals surface area contributed by atoms with Crippen LogP contribution in [0.1, 0.15) is 16.7 Å². The van der Waals surface area contributed by atoms with Gasteiger partial charge in [-0.15, -0.1) is 6.58 Å². The molecule has 0 saturated carbocycles. The van der Waals surface area contributed by atoms with Gasteiger partial charge in [0.1, 0.15) is 5.82 Å². The molecule has 1 unspecified atom stereocenters. The number of hydrogen-bond donors (Lipinski definition) is 3. The first-order valence-corrected chi connectivity index (χ1v) is 11.4. The molecule has 3 N–H and O–H groups in total.